The highest BCUT2D eigenvalue weighted by atomic mass is 16.5. The maximum Gasteiger partial charge on any atom is 0.314 e. The highest BCUT2D eigenvalue weighted by molar-refractivity contribution is 5.73. The lowest BCUT2D eigenvalue weighted by Crippen LogP contribution is -2.37. The number of hydrogen-bond donors (Lipinski definition) is 2. The molecule has 0 spiro atoms. The topological polar surface area (TPSA) is 50.4 Å². The zero-order valence-electron chi connectivity index (χ0n) is 12.7. The van der Waals surface area contributed by atoms with Gasteiger partial charge in [-0.1, -0.05) is 31.5 Å². The Hall–Kier alpha value is -1.71. The Kier molecular flexibility index (Phi) is 7.55. The lowest BCUT2D eigenvalue weighted by atomic mass is 10.1. The molecule has 0 fully saturated rings. The van der Waals surface area contributed by atoms with Gasteiger partial charge in [0.05, 0.1) is 6.61 Å². The lowest BCUT2D eigenvalue weighted by Gasteiger charge is -2.09. The van der Waals surface area contributed by atoms with Crippen LogP contribution in [0.3, 0.4) is 0 Å². The fourth-order valence-electron chi connectivity index (χ4n) is 1.64. The minimum Gasteiger partial charge on any atom is -0.494 e. The van der Waals surface area contributed by atoms with Gasteiger partial charge in [-0.05, 0) is 37.8 Å². The van der Waals surface area contributed by atoms with Crippen molar-refractivity contribution in [2.45, 2.75) is 33.6 Å². The first-order valence-electron chi connectivity index (χ1n) is 7.29. The van der Waals surface area contributed by atoms with Crippen LogP contribution in [-0.4, -0.2) is 25.7 Å². The van der Waals surface area contributed by atoms with Gasteiger partial charge in [0.1, 0.15) is 5.75 Å². The van der Waals surface area contributed by atoms with Gasteiger partial charge >= 0.3 is 6.03 Å². The van der Waals surface area contributed by atoms with E-state index in [0.29, 0.717) is 19.1 Å². The molecule has 20 heavy (non-hydrogen) atoms. The van der Waals surface area contributed by atoms with Gasteiger partial charge in [-0.2, -0.15) is 0 Å². The van der Waals surface area contributed by atoms with Crippen LogP contribution in [0.15, 0.2) is 24.3 Å². The first kappa shape index (κ1) is 16.3. The number of nitrogens with one attached hydrogen (secondary N) is 2. The van der Waals surface area contributed by atoms with Crippen molar-refractivity contribution in [3.8, 4) is 5.75 Å². The molecule has 0 aromatic heterocycles. The number of rotatable bonds is 8. The summed E-state index contributed by atoms with van der Waals surface area (Å²) >= 11 is 0. The molecule has 0 aliphatic heterocycles. The lowest BCUT2D eigenvalue weighted by molar-refractivity contribution is 0.238. The van der Waals surface area contributed by atoms with E-state index in [0.717, 1.165) is 25.1 Å². The summed E-state index contributed by atoms with van der Waals surface area (Å²) in [6, 6.07) is 7.87. The predicted octanol–water partition coefficient (Wildman–Crippen LogP) is 3.11. The molecule has 0 aliphatic rings. The fourth-order valence-corrected chi connectivity index (χ4v) is 1.64. The van der Waals surface area contributed by atoms with Gasteiger partial charge in [-0.25, -0.2) is 4.79 Å². The van der Waals surface area contributed by atoms with Crippen molar-refractivity contribution in [3.05, 3.63) is 29.8 Å². The molecule has 0 aliphatic carbocycles. The second-order valence-corrected chi connectivity index (χ2v) is 5.38. The Labute approximate surface area is 121 Å². The molecular weight excluding hydrogens is 252 g/mol. The molecule has 112 valence electrons. The smallest absolute Gasteiger partial charge is 0.314 e. The predicted molar refractivity (Wildman–Crippen MR) is 82.1 cm³/mol. The second-order valence-electron chi connectivity index (χ2n) is 5.38. The highest BCUT2D eigenvalue weighted by Gasteiger charge is 2.00. The molecule has 0 heterocycles. The van der Waals surface area contributed by atoms with Crippen LogP contribution < -0.4 is 15.4 Å². The number of amides is 2. The number of ether oxygens (including phenoxy) is 1. The van der Waals surface area contributed by atoms with Crippen molar-refractivity contribution in [1.82, 2.24) is 10.6 Å². The van der Waals surface area contributed by atoms with E-state index in [1.165, 1.54) is 5.56 Å². The summed E-state index contributed by atoms with van der Waals surface area (Å²) in [7, 11) is 0. The number of carbonyl (C=O) groups is 1. The molecule has 2 N–H and O–H groups in total. The van der Waals surface area contributed by atoms with Crippen molar-refractivity contribution in [2.24, 2.45) is 5.92 Å². The van der Waals surface area contributed by atoms with Crippen LogP contribution in [0.4, 0.5) is 4.79 Å². The number of hydrogen-bond acceptors (Lipinski definition) is 2. The van der Waals surface area contributed by atoms with Crippen molar-refractivity contribution >= 4 is 6.03 Å². The zero-order chi connectivity index (χ0) is 14.8. The molecule has 4 heteroatoms. The van der Waals surface area contributed by atoms with Crippen LogP contribution in [0, 0.1) is 12.8 Å². The van der Waals surface area contributed by atoms with Crippen LogP contribution in [0.2, 0.25) is 0 Å². The molecule has 1 aromatic rings. The molecule has 0 saturated carbocycles. The quantitative estimate of drug-likeness (QED) is 0.718. The van der Waals surface area contributed by atoms with Gasteiger partial charge in [-0.3, -0.25) is 0 Å². The van der Waals surface area contributed by atoms with Crippen LogP contribution in [-0.2, 0) is 0 Å². The van der Waals surface area contributed by atoms with E-state index in [1.807, 2.05) is 31.2 Å². The molecule has 0 bridgehead atoms. The molecule has 0 radical (unpaired) electrons. The van der Waals surface area contributed by atoms with E-state index in [-0.39, 0.29) is 6.03 Å². The van der Waals surface area contributed by atoms with Gasteiger partial charge in [0.25, 0.3) is 0 Å². The Morgan fingerprint density at radius 3 is 2.45 bits per heavy atom. The average Bonchev–Trinajstić information content (AvgIpc) is 2.40. The van der Waals surface area contributed by atoms with Crippen LogP contribution in [0.5, 0.6) is 5.75 Å². The van der Waals surface area contributed by atoms with E-state index in [2.05, 4.69) is 24.5 Å². The van der Waals surface area contributed by atoms with Crippen LogP contribution in [0.25, 0.3) is 0 Å². The van der Waals surface area contributed by atoms with E-state index >= 15 is 0 Å². The highest BCUT2D eigenvalue weighted by Crippen LogP contribution is 2.11. The number of carbonyl (C=O) groups excluding carboxylic acids is 1. The Balaban J connectivity index is 2.01. The Bertz CT molecular complexity index is 388. The van der Waals surface area contributed by atoms with E-state index < -0.39 is 0 Å². The maximum absolute atomic E-state index is 11.4. The largest absolute Gasteiger partial charge is 0.494 e. The maximum atomic E-state index is 11.4. The minimum absolute atomic E-state index is 0.0963. The normalized spacial score (nSPS) is 10.4. The first-order chi connectivity index (χ1) is 9.58. The molecule has 1 rings (SSSR count). The monoisotopic (exact) mass is 278 g/mol. The van der Waals surface area contributed by atoms with Gasteiger partial charge in [0.2, 0.25) is 0 Å². The summed E-state index contributed by atoms with van der Waals surface area (Å²) in [5.74, 6) is 1.48. The summed E-state index contributed by atoms with van der Waals surface area (Å²) < 4.78 is 5.58. The summed E-state index contributed by atoms with van der Waals surface area (Å²) in [6.45, 7) is 8.29. The molecule has 1 aromatic carbocycles. The van der Waals surface area contributed by atoms with Gasteiger partial charge in [0.15, 0.2) is 0 Å². The molecule has 0 unspecified atom stereocenters. The van der Waals surface area contributed by atoms with Crippen molar-refractivity contribution in [3.63, 3.8) is 0 Å². The summed E-state index contributed by atoms with van der Waals surface area (Å²) in [4.78, 5) is 11.4. The van der Waals surface area contributed by atoms with Crippen molar-refractivity contribution in [2.75, 3.05) is 19.7 Å². The van der Waals surface area contributed by atoms with Gasteiger partial charge in [-0.15, -0.1) is 0 Å². The van der Waals surface area contributed by atoms with Crippen molar-refractivity contribution < 1.29 is 9.53 Å². The number of aryl methyl sites for hydroxylation is 1. The third-order valence-corrected chi connectivity index (χ3v) is 2.90. The van der Waals surface area contributed by atoms with Gasteiger partial charge in [0, 0.05) is 13.1 Å². The number of benzene rings is 1. The molecule has 0 atom stereocenters. The first-order valence-corrected chi connectivity index (χ1v) is 7.29. The van der Waals surface area contributed by atoms with Gasteiger partial charge < -0.3 is 15.4 Å². The minimum atomic E-state index is -0.0963. The third-order valence-electron chi connectivity index (χ3n) is 2.90. The SMILES string of the molecule is Cc1ccc(OCCCNC(=O)NCCC(C)C)cc1. The Morgan fingerprint density at radius 2 is 1.80 bits per heavy atom. The zero-order valence-corrected chi connectivity index (χ0v) is 12.7. The number of urea groups is 1. The van der Waals surface area contributed by atoms with E-state index in [9.17, 15) is 4.79 Å². The van der Waals surface area contributed by atoms with Crippen LogP contribution in [0.1, 0.15) is 32.3 Å². The van der Waals surface area contributed by atoms with E-state index in [4.69, 9.17) is 4.74 Å². The average molecular weight is 278 g/mol. The van der Waals surface area contributed by atoms with E-state index in [1.54, 1.807) is 0 Å². The summed E-state index contributed by atoms with van der Waals surface area (Å²) in [5, 5.41) is 5.66. The molecular formula is C16H26N2O2. The summed E-state index contributed by atoms with van der Waals surface area (Å²) in [5.41, 5.74) is 1.22. The second kappa shape index (κ2) is 9.23. The molecule has 0 saturated heterocycles. The molecule has 2 amide bonds. The van der Waals surface area contributed by atoms with Crippen LogP contribution >= 0.6 is 0 Å². The third kappa shape index (κ3) is 7.67. The van der Waals surface area contributed by atoms with Crippen molar-refractivity contribution in [1.29, 1.82) is 0 Å². The fraction of sp³-hybridized carbons (Fsp3) is 0.562. The molecule has 4 nitrogen and oxygen atoms in total. The standard InChI is InChI=1S/C16H26N2O2/c1-13(2)9-11-18-16(19)17-10-4-12-20-15-7-5-14(3)6-8-15/h5-8,13H,4,9-12H2,1-3H3,(H2,17,18,19). The summed E-state index contributed by atoms with van der Waals surface area (Å²) in [6.07, 6.45) is 1.80. The Morgan fingerprint density at radius 1 is 1.15 bits per heavy atom.